The largest absolute Gasteiger partial charge is 0.493 e. The van der Waals surface area contributed by atoms with Crippen LogP contribution < -0.4 is 4.74 Å². The average molecular weight is 471 g/mol. The summed E-state index contributed by atoms with van der Waals surface area (Å²) in [7, 11) is 0. The molecule has 0 spiro atoms. The molecule has 3 aromatic rings. The average Bonchev–Trinajstić information content (AvgIpc) is 2.96. The molecule has 152 valence electrons. The summed E-state index contributed by atoms with van der Waals surface area (Å²) in [6, 6.07) is 9.63. The molecule has 0 unspecified atom stereocenters. The van der Waals surface area contributed by atoms with Gasteiger partial charge in [0.05, 0.1) is 17.0 Å². The summed E-state index contributed by atoms with van der Waals surface area (Å²) in [6.45, 7) is 1.26. The molecular weight excluding hydrogens is 456 g/mol. The second-order valence-electron chi connectivity index (χ2n) is 6.23. The molecule has 1 amide bonds. The van der Waals surface area contributed by atoms with Crippen molar-refractivity contribution in [1.82, 2.24) is 4.57 Å². The van der Waals surface area contributed by atoms with Gasteiger partial charge in [-0.3, -0.25) is 19.5 Å². The van der Waals surface area contributed by atoms with Gasteiger partial charge in [-0.05, 0) is 36.8 Å². The van der Waals surface area contributed by atoms with Crippen molar-refractivity contribution in [3.05, 3.63) is 56.5 Å². The van der Waals surface area contributed by atoms with Crippen LogP contribution in [0.25, 0.3) is 10.9 Å². The van der Waals surface area contributed by atoms with Gasteiger partial charge >= 0.3 is 11.6 Å². The Hall–Kier alpha value is -3.71. The number of hydrogen-bond acceptors (Lipinski definition) is 6. The van der Waals surface area contributed by atoms with Gasteiger partial charge in [-0.2, -0.15) is 0 Å². The highest BCUT2D eigenvalue weighted by molar-refractivity contribution is 9.10. The maximum atomic E-state index is 12.1. The summed E-state index contributed by atoms with van der Waals surface area (Å²) in [5.74, 6) is 1.38. The van der Waals surface area contributed by atoms with Crippen LogP contribution in [-0.2, 0) is 11.3 Å². The molecule has 1 aromatic heterocycles. The van der Waals surface area contributed by atoms with E-state index in [0.717, 1.165) is 4.47 Å². The van der Waals surface area contributed by atoms with Gasteiger partial charge in [0.2, 0.25) is 5.88 Å². The number of halogens is 1. The molecule has 2 aromatic carbocycles. The minimum Gasteiger partial charge on any atom is -0.493 e. The van der Waals surface area contributed by atoms with Crippen molar-refractivity contribution in [2.75, 3.05) is 6.61 Å². The molecule has 0 saturated carbocycles. The van der Waals surface area contributed by atoms with E-state index >= 15 is 0 Å². The summed E-state index contributed by atoms with van der Waals surface area (Å²) in [5, 5.41) is 29.6. The zero-order valence-corrected chi connectivity index (χ0v) is 17.3. The normalized spacial score (nSPS) is 11.0. The van der Waals surface area contributed by atoms with Crippen LogP contribution in [0, 0.1) is 29.4 Å². The molecule has 3 rings (SSSR count). The van der Waals surface area contributed by atoms with Crippen molar-refractivity contribution >= 4 is 44.1 Å². The number of nitrogens with zero attached hydrogens (tertiary/aromatic N) is 4. The first-order valence-electron chi connectivity index (χ1n) is 8.58. The molecule has 0 radical (unpaired) electrons. The van der Waals surface area contributed by atoms with Gasteiger partial charge in [-0.25, -0.2) is 0 Å². The second kappa shape index (κ2) is 8.75. The first-order valence-corrected chi connectivity index (χ1v) is 9.37. The number of carbonyl (C=O) groups excluding carboxylic acids is 1. The summed E-state index contributed by atoms with van der Waals surface area (Å²) >= 11 is 3.35. The van der Waals surface area contributed by atoms with Gasteiger partial charge in [0.25, 0.3) is 0 Å². The van der Waals surface area contributed by atoms with Crippen molar-refractivity contribution in [2.45, 2.75) is 13.5 Å². The second-order valence-corrected chi connectivity index (χ2v) is 7.15. The topological polar surface area (TPSA) is 119 Å². The number of aryl methyl sites for hydroxylation is 1. The van der Waals surface area contributed by atoms with Gasteiger partial charge in [0, 0.05) is 15.9 Å². The minimum absolute atomic E-state index is 0.0495. The lowest BCUT2D eigenvalue weighted by atomic mass is 10.2. The molecule has 0 aliphatic carbocycles. The Morgan fingerprint density at radius 1 is 1.37 bits per heavy atom. The van der Waals surface area contributed by atoms with Gasteiger partial charge in [0.15, 0.2) is 18.0 Å². The number of fused-ring (bicyclic) bond motifs is 1. The highest BCUT2D eigenvalue weighted by Gasteiger charge is 2.18. The van der Waals surface area contributed by atoms with E-state index in [-0.39, 0.29) is 29.5 Å². The standard InChI is InChI=1S/C20H15BrN4O5/c1-3-8-24-15-6-5-13(21)10-14(15)19(20(24)27)23-22-18(26)11-30-17-7-4-12(2)9-16(17)25(28)29/h1,4-7,9-10,27H,8,11H2,2H3. The van der Waals surface area contributed by atoms with Crippen LogP contribution in [0.1, 0.15) is 5.56 Å². The number of ether oxygens (including phenoxy) is 1. The van der Waals surface area contributed by atoms with Crippen LogP contribution in [0.5, 0.6) is 11.6 Å². The number of rotatable bonds is 6. The van der Waals surface area contributed by atoms with E-state index in [4.69, 9.17) is 11.2 Å². The lowest BCUT2D eigenvalue weighted by molar-refractivity contribution is -0.385. The number of carbonyl (C=O) groups is 1. The smallest absolute Gasteiger partial charge is 0.311 e. The van der Waals surface area contributed by atoms with Crippen LogP contribution in [0.15, 0.2) is 51.1 Å². The van der Waals surface area contributed by atoms with Crippen molar-refractivity contribution in [1.29, 1.82) is 0 Å². The van der Waals surface area contributed by atoms with Crippen molar-refractivity contribution in [2.24, 2.45) is 10.2 Å². The number of aromatic hydroxyl groups is 1. The summed E-state index contributed by atoms with van der Waals surface area (Å²) < 4.78 is 7.44. The number of amides is 1. The monoisotopic (exact) mass is 470 g/mol. The molecule has 0 fully saturated rings. The van der Waals surface area contributed by atoms with Crippen molar-refractivity contribution in [3.63, 3.8) is 0 Å². The molecule has 0 aliphatic heterocycles. The van der Waals surface area contributed by atoms with Crippen LogP contribution >= 0.6 is 15.9 Å². The van der Waals surface area contributed by atoms with E-state index in [2.05, 4.69) is 32.1 Å². The zero-order chi connectivity index (χ0) is 21.8. The van der Waals surface area contributed by atoms with Crippen LogP contribution in [0.4, 0.5) is 11.4 Å². The number of azo groups is 1. The zero-order valence-electron chi connectivity index (χ0n) is 15.7. The Bertz CT molecular complexity index is 1230. The maximum absolute atomic E-state index is 12.1. The molecule has 0 bridgehead atoms. The van der Waals surface area contributed by atoms with Crippen molar-refractivity contribution < 1.29 is 19.6 Å². The Morgan fingerprint density at radius 3 is 2.83 bits per heavy atom. The van der Waals surface area contributed by atoms with E-state index in [0.29, 0.717) is 16.5 Å². The third kappa shape index (κ3) is 4.31. The number of nitro benzene ring substituents is 1. The summed E-state index contributed by atoms with van der Waals surface area (Å²) in [4.78, 5) is 22.6. The third-order valence-corrected chi connectivity index (χ3v) is 4.64. The maximum Gasteiger partial charge on any atom is 0.311 e. The molecule has 1 heterocycles. The van der Waals surface area contributed by atoms with E-state index in [1.807, 2.05) is 0 Å². The third-order valence-electron chi connectivity index (χ3n) is 4.15. The Kier molecular flexibility index (Phi) is 6.13. The van der Waals surface area contributed by atoms with Gasteiger partial charge in [0.1, 0.15) is 0 Å². The van der Waals surface area contributed by atoms with E-state index in [9.17, 15) is 20.0 Å². The molecule has 0 saturated heterocycles. The van der Waals surface area contributed by atoms with E-state index < -0.39 is 17.4 Å². The molecule has 0 atom stereocenters. The lowest BCUT2D eigenvalue weighted by Gasteiger charge is -2.04. The fraction of sp³-hybridized carbons (Fsp3) is 0.150. The lowest BCUT2D eigenvalue weighted by Crippen LogP contribution is -2.09. The number of benzene rings is 2. The van der Waals surface area contributed by atoms with E-state index in [1.165, 1.54) is 16.7 Å². The molecule has 0 aliphatic rings. The van der Waals surface area contributed by atoms with Crippen LogP contribution in [0.2, 0.25) is 0 Å². The van der Waals surface area contributed by atoms with Crippen molar-refractivity contribution in [3.8, 4) is 24.0 Å². The molecule has 1 N–H and O–H groups in total. The number of aromatic nitrogens is 1. The Morgan fingerprint density at radius 2 is 2.13 bits per heavy atom. The quantitative estimate of drug-likeness (QED) is 0.243. The SMILES string of the molecule is C#CCn1c(O)c(N=NC(=O)COc2ccc(C)cc2[N+](=O)[O-])c2cc(Br)ccc21. The van der Waals surface area contributed by atoms with Gasteiger partial charge in [-0.15, -0.1) is 16.7 Å². The minimum atomic E-state index is -0.780. The number of terminal acetylenes is 1. The molecule has 30 heavy (non-hydrogen) atoms. The predicted octanol–water partition coefficient (Wildman–Crippen LogP) is 4.65. The fourth-order valence-electron chi connectivity index (χ4n) is 2.81. The van der Waals surface area contributed by atoms with Gasteiger partial charge in [-0.1, -0.05) is 27.9 Å². The van der Waals surface area contributed by atoms with Crippen LogP contribution in [0.3, 0.4) is 0 Å². The Balaban J connectivity index is 1.83. The van der Waals surface area contributed by atoms with E-state index in [1.54, 1.807) is 31.2 Å². The fourth-order valence-corrected chi connectivity index (χ4v) is 3.17. The molecule has 9 nitrogen and oxygen atoms in total. The first-order chi connectivity index (χ1) is 14.3. The van der Waals surface area contributed by atoms with Gasteiger partial charge < -0.3 is 9.84 Å². The number of hydrogen-bond donors (Lipinski definition) is 1. The number of nitro groups is 1. The van der Waals surface area contributed by atoms with Crippen LogP contribution in [-0.4, -0.2) is 27.1 Å². The first kappa shape index (κ1) is 21.0. The highest BCUT2D eigenvalue weighted by atomic mass is 79.9. The Labute approximate surface area is 179 Å². The summed E-state index contributed by atoms with van der Waals surface area (Å²) in [5.41, 5.74) is 1.14. The predicted molar refractivity (Wildman–Crippen MR) is 113 cm³/mol. The summed E-state index contributed by atoms with van der Waals surface area (Å²) in [6.07, 6.45) is 5.36. The highest BCUT2D eigenvalue weighted by Crippen LogP contribution is 2.40. The molecule has 10 heteroatoms. The molecular formula is C20H15BrN4O5.